The molecule has 10 heteroatoms. The van der Waals surface area contributed by atoms with Crippen molar-refractivity contribution in [1.82, 2.24) is 9.55 Å². The van der Waals surface area contributed by atoms with E-state index in [1.54, 1.807) is 20.8 Å². The fourth-order valence-electron chi connectivity index (χ4n) is 2.95. The molecule has 0 amide bonds. The first-order valence-corrected chi connectivity index (χ1v) is 10.4. The van der Waals surface area contributed by atoms with Gasteiger partial charge in [-0.2, -0.15) is 4.98 Å². The minimum Gasteiger partial charge on any atom is -0.383 e. The SMILES string of the molecule is CC(C)(C)C[C@H]1O[C@@H](n2ccc(N)nc2=O)C[C@H]1OP(=O)(O)OC(C)(C)C. The van der Waals surface area contributed by atoms with Gasteiger partial charge >= 0.3 is 13.5 Å². The van der Waals surface area contributed by atoms with Crippen LogP contribution in [-0.2, 0) is 18.3 Å². The Morgan fingerprint density at radius 1 is 1.37 bits per heavy atom. The predicted molar refractivity (Wildman–Crippen MR) is 101 cm³/mol. The Balaban J connectivity index is 2.24. The van der Waals surface area contributed by atoms with Gasteiger partial charge in [-0.25, -0.2) is 9.36 Å². The highest BCUT2D eigenvalue weighted by Gasteiger charge is 2.44. The summed E-state index contributed by atoms with van der Waals surface area (Å²) in [6.07, 6.45) is 0.416. The third-order valence-corrected chi connectivity index (χ3v) is 5.13. The third kappa shape index (κ3) is 6.69. The van der Waals surface area contributed by atoms with E-state index in [4.69, 9.17) is 19.5 Å². The topological polar surface area (TPSA) is 126 Å². The molecule has 0 bridgehead atoms. The van der Waals surface area contributed by atoms with E-state index in [2.05, 4.69) is 4.98 Å². The van der Waals surface area contributed by atoms with E-state index < -0.39 is 37.5 Å². The second kappa shape index (κ2) is 7.64. The Labute approximate surface area is 159 Å². The van der Waals surface area contributed by atoms with Gasteiger partial charge < -0.3 is 15.4 Å². The van der Waals surface area contributed by atoms with Gasteiger partial charge in [-0.3, -0.25) is 13.6 Å². The Morgan fingerprint density at radius 2 is 2.00 bits per heavy atom. The van der Waals surface area contributed by atoms with Gasteiger partial charge in [0.05, 0.1) is 17.8 Å². The molecule has 0 aromatic carbocycles. The summed E-state index contributed by atoms with van der Waals surface area (Å²) in [5.74, 6) is 0.117. The number of ether oxygens (including phenoxy) is 1. The number of phosphoric acid groups is 1. The molecule has 2 heterocycles. The minimum absolute atomic E-state index is 0.115. The number of aromatic nitrogens is 2. The molecule has 2 rings (SSSR count). The van der Waals surface area contributed by atoms with Crippen LogP contribution in [0.25, 0.3) is 0 Å². The van der Waals surface area contributed by atoms with Crippen molar-refractivity contribution < 1.29 is 23.2 Å². The molecule has 9 nitrogen and oxygen atoms in total. The van der Waals surface area contributed by atoms with E-state index in [0.29, 0.717) is 6.42 Å². The van der Waals surface area contributed by atoms with Crippen LogP contribution in [0.4, 0.5) is 5.82 Å². The molecular weight excluding hydrogens is 373 g/mol. The first kappa shape index (κ1) is 22.0. The van der Waals surface area contributed by atoms with E-state index in [-0.39, 0.29) is 17.7 Å². The monoisotopic (exact) mass is 403 g/mol. The van der Waals surface area contributed by atoms with E-state index in [1.165, 1.54) is 16.8 Å². The lowest BCUT2D eigenvalue weighted by Crippen LogP contribution is -2.30. The van der Waals surface area contributed by atoms with Crippen LogP contribution in [-0.4, -0.2) is 32.3 Å². The lowest BCUT2D eigenvalue weighted by molar-refractivity contribution is -0.0426. The van der Waals surface area contributed by atoms with Crippen molar-refractivity contribution in [3.63, 3.8) is 0 Å². The van der Waals surface area contributed by atoms with E-state index in [1.807, 2.05) is 20.8 Å². The van der Waals surface area contributed by atoms with E-state index in [0.717, 1.165) is 0 Å². The molecule has 0 spiro atoms. The van der Waals surface area contributed by atoms with E-state index >= 15 is 0 Å². The maximum Gasteiger partial charge on any atom is 0.473 e. The predicted octanol–water partition coefficient (Wildman–Crippen LogP) is 2.85. The fraction of sp³-hybridized carbons (Fsp3) is 0.765. The number of nitrogens with zero attached hydrogens (tertiary/aromatic N) is 2. The van der Waals surface area contributed by atoms with Gasteiger partial charge in [0.15, 0.2) is 0 Å². The molecule has 27 heavy (non-hydrogen) atoms. The average Bonchev–Trinajstić information content (AvgIpc) is 2.75. The molecule has 1 saturated heterocycles. The molecule has 1 unspecified atom stereocenters. The van der Waals surface area contributed by atoms with Crippen LogP contribution >= 0.6 is 7.82 Å². The molecule has 1 aromatic heterocycles. The number of hydrogen-bond donors (Lipinski definition) is 2. The first-order valence-electron chi connectivity index (χ1n) is 8.87. The van der Waals surface area contributed by atoms with Gasteiger partial charge in [0, 0.05) is 12.6 Å². The van der Waals surface area contributed by atoms with Crippen LogP contribution in [0, 0.1) is 5.41 Å². The van der Waals surface area contributed by atoms with Crippen LogP contribution in [0.1, 0.15) is 60.6 Å². The average molecular weight is 403 g/mol. The third-order valence-electron chi connectivity index (χ3n) is 3.81. The molecule has 0 aliphatic carbocycles. The van der Waals surface area contributed by atoms with Crippen LogP contribution in [0.5, 0.6) is 0 Å². The number of phosphoric ester groups is 1. The molecule has 1 fully saturated rings. The number of nitrogen functional groups attached to an aromatic ring is 1. The van der Waals surface area contributed by atoms with Crippen molar-refractivity contribution in [3.8, 4) is 0 Å². The smallest absolute Gasteiger partial charge is 0.383 e. The van der Waals surface area contributed by atoms with Crippen molar-refractivity contribution >= 4 is 13.6 Å². The summed E-state index contributed by atoms with van der Waals surface area (Å²) >= 11 is 0. The standard InChI is InChI=1S/C17H30N3O6P/c1-16(2,3)10-12-11(25-27(22,23)26-17(4,5)6)9-14(24-12)20-8-7-13(18)19-15(20)21/h7-8,11-12,14H,9-10H2,1-6H3,(H,22,23)(H2,18,19,21)/t11-,12-,14-/m1/s1. The Morgan fingerprint density at radius 3 is 2.52 bits per heavy atom. The second-order valence-electron chi connectivity index (χ2n) is 8.99. The van der Waals surface area contributed by atoms with E-state index in [9.17, 15) is 14.3 Å². The quantitative estimate of drug-likeness (QED) is 0.719. The van der Waals surface area contributed by atoms with Gasteiger partial charge in [0.25, 0.3) is 0 Å². The lowest BCUT2D eigenvalue weighted by atomic mass is 9.87. The summed E-state index contributed by atoms with van der Waals surface area (Å²) < 4.78 is 30.4. The van der Waals surface area contributed by atoms with Gasteiger partial charge in [-0.1, -0.05) is 20.8 Å². The highest BCUT2D eigenvalue weighted by molar-refractivity contribution is 7.47. The number of nitrogens with two attached hydrogens (primary N) is 1. The van der Waals surface area contributed by atoms with Crippen LogP contribution in [0.15, 0.2) is 17.1 Å². The maximum atomic E-state index is 12.4. The Bertz CT molecular complexity index is 767. The summed E-state index contributed by atoms with van der Waals surface area (Å²) in [5.41, 5.74) is 4.02. The summed E-state index contributed by atoms with van der Waals surface area (Å²) in [4.78, 5) is 26.0. The van der Waals surface area contributed by atoms with Crippen molar-refractivity contribution in [2.45, 2.75) is 78.4 Å². The number of hydrogen-bond acceptors (Lipinski definition) is 7. The summed E-state index contributed by atoms with van der Waals surface area (Å²) in [7, 11) is -4.31. The number of rotatable bonds is 5. The highest BCUT2D eigenvalue weighted by atomic mass is 31.2. The zero-order chi connectivity index (χ0) is 20.6. The molecule has 1 aliphatic heterocycles. The van der Waals surface area contributed by atoms with Crippen LogP contribution in [0.2, 0.25) is 0 Å². The van der Waals surface area contributed by atoms with Crippen LogP contribution in [0.3, 0.4) is 0 Å². The van der Waals surface area contributed by atoms with Crippen molar-refractivity contribution in [3.05, 3.63) is 22.7 Å². The molecule has 0 radical (unpaired) electrons. The van der Waals surface area contributed by atoms with Gasteiger partial charge in [-0.05, 0) is 38.7 Å². The molecule has 4 atom stereocenters. The molecule has 1 aromatic rings. The van der Waals surface area contributed by atoms with Crippen molar-refractivity contribution in [1.29, 1.82) is 0 Å². The second-order valence-corrected chi connectivity index (χ2v) is 10.3. The zero-order valence-electron chi connectivity index (χ0n) is 16.7. The Hall–Kier alpha value is -1.25. The van der Waals surface area contributed by atoms with Gasteiger partial charge in [-0.15, -0.1) is 0 Å². The fourth-order valence-corrected chi connectivity index (χ4v) is 4.25. The minimum atomic E-state index is -4.31. The molecule has 1 aliphatic rings. The van der Waals surface area contributed by atoms with Gasteiger partial charge in [0.1, 0.15) is 12.0 Å². The molecular formula is C17H30N3O6P. The van der Waals surface area contributed by atoms with Crippen molar-refractivity contribution in [2.75, 3.05) is 5.73 Å². The largest absolute Gasteiger partial charge is 0.473 e. The van der Waals surface area contributed by atoms with Gasteiger partial charge in [0.2, 0.25) is 0 Å². The maximum absolute atomic E-state index is 12.4. The van der Waals surface area contributed by atoms with Crippen LogP contribution < -0.4 is 11.4 Å². The summed E-state index contributed by atoms with van der Waals surface area (Å²) in [5, 5.41) is 0. The highest BCUT2D eigenvalue weighted by Crippen LogP contribution is 2.51. The summed E-state index contributed by atoms with van der Waals surface area (Å²) in [6.45, 7) is 11.1. The molecule has 154 valence electrons. The Kier molecular flexibility index (Phi) is 6.24. The van der Waals surface area contributed by atoms with Crippen molar-refractivity contribution in [2.24, 2.45) is 5.41 Å². The number of anilines is 1. The molecule has 3 N–H and O–H groups in total. The zero-order valence-corrected chi connectivity index (χ0v) is 17.6. The normalized spacial score (nSPS) is 26.1. The lowest BCUT2D eigenvalue weighted by Gasteiger charge is -2.29. The molecule has 0 saturated carbocycles. The summed E-state index contributed by atoms with van der Waals surface area (Å²) in [6, 6.07) is 1.50. The first-order chi connectivity index (χ1) is 12.2.